The summed E-state index contributed by atoms with van der Waals surface area (Å²) in [6.07, 6.45) is 1.64. The third-order valence-electron chi connectivity index (χ3n) is 2.82. The van der Waals surface area contributed by atoms with Crippen molar-refractivity contribution in [3.05, 3.63) is 0 Å². The number of carbonyl (C=O) groups excluding carboxylic acids is 2. The third-order valence-corrected chi connectivity index (χ3v) is 2.82. The second-order valence-corrected chi connectivity index (χ2v) is 4.05. The first kappa shape index (κ1) is 12.5. The van der Waals surface area contributed by atoms with Gasteiger partial charge in [0.1, 0.15) is 0 Å². The van der Waals surface area contributed by atoms with Crippen LogP contribution in [-0.4, -0.2) is 29.4 Å². The van der Waals surface area contributed by atoms with Gasteiger partial charge in [-0.1, -0.05) is 0 Å². The molecular formula is C10H16N2O4. The number of aliphatic carboxylic acids is 1. The van der Waals surface area contributed by atoms with Crippen LogP contribution in [0.5, 0.6) is 0 Å². The number of carboxylic acid groups (broad SMARTS) is 1. The lowest BCUT2D eigenvalue weighted by Gasteiger charge is -2.09. The molecule has 0 saturated heterocycles. The molecule has 0 aromatic heterocycles. The summed E-state index contributed by atoms with van der Waals surface area (Å²) in [6, 6.07) is 0. The van der Waals surface area contributed by atoms with E-state index in [1.165, 1.54) is 0 Å². The Morgan fingerprint density at radius 2 is 1.88 bits per heavy atom. The second-order valence-electron chi connectivity index (χ2n) is 4.05. The standard InChI is InChI=1S/C10H16N2O4/c11-8(13)3-4-12-9(14)6-1-2-7(5-6)10(15)16/h6-7H,1-5H2,(H2,11,13)(H,12,14)(H,15,16)/t6-,7+/m1/s1. The van der Waals surface area contributed by atoms with Gasteiger partial charge in [-0.3, -0.25) is 14.4 Å². The van der Waals surface area contributed by atoms with E-state index in [0.29, 0.717) is 19.3 Å². The van der Waals surface area contributed by atoms with E-state index in [2.05, 4.69) is 5.32 Å². The van der Waals surface area contributed by atoms with E-state index >= 15 is 0 Å². The summed E-state index contributed by atoms with van der Waals surface area (Å²) >= 11 is 0. The van der Waals surface area contributed by atoms with Gasteiger partial charge in [0.05, 0.1) is 5.92 Å². The topological polar surface area (TPSA) is 109 Å². The molecule has 1 rings (SSSR count). The molecule has 0 bridgehead atoms. The molecule has 1 aliphatic rings. The minimum absolute atomic E-state index is 0.112. The summed E-state index contributed by atoms with van der Waals surface area (Å²) in [5.74, 6) is -2.13. The van der Waals surface area contributed by atoms with Crippen LogP contribution in [0.2, 0.25) is 0 Å². The fraction of sp³-hybridized carbons (Fsp3) is 0.700. The van der Waals surface area contributed by atoms with Crippen molar-refractivity contribution in [2.45, 2.75) is 25.7 Å². The summed E-state index contributed by atoms with van der Waals surface area (Å²) in [6.45, 7) is 0.225. The molecule has 0 heterocycles. The molecule has 0 radical (unpaired) electrons. The van der Waals surface area contributed by atoms with Crippen LogP contribution in [0.25, 0.3) is 0 Å². The van der Waals surface area contributed by atoms with Crippen molar-refractivity contribution in [1.82, 2.24) is 5.32 Å². The molecular weight excluding hydrogens is 212 g/mol. The molecule has 2 amide bonds. The van der Waals surface area contributed by atoms with E-state index in [9.17, 15) is 14.4 Å². The number of amides is 2. The first-order valence-corrected chi connectivity index (χ1v) is 5.29. The maximum absolute atomic E-state index is 11.5. The van der Waals surface area contributed by atoms with Gasteiger partial charge >= 0.3 is 5.97 Å². The smallest absolute Gasteiger partial charge is 0.306 e. The average Bonchev–Trinajstić information content (AvgIpc) is 2.65. The van der Waals surface area contributed by atoms with Crippen molar-refractivity contribution >= 4 is 17.8 Å². The van der Waals surface area contributed by atoms with E-state index in [-0.39, 0.29) is 24.8 Å². The minimum atomic E-state index is -0.840. The Morgan fingerprint density at radius 1 is 1.25 bits per heavy atom. The van der Waals surface area contributed by atoms with Crippen LogP contribution in [-0.2, 0) is 14.4 Å². The van der Waals surface area contributed by atoms with Crippen LogP contribution < -0.4 is 11.1 Å². The van der Waals surface area contributed by atoms with Crippen molar-refractivity contribution in [3.8, 4) is 0 Å². The number of carboxylic acids is 1. The molecule has 16 heavy (non-hydrogen) atoms. The van der Waals surface area contributed by atoms with E-state index in [0.717, 1.165) is 0 Å². The van der Waals surface area contributed by atoms with E-state index in [1.807, 2.05) is 0 Å². The lowest BCUT2D eigenvalue weighted by molar-refractivity contribution is -0.141. The molecule has 0 spiro atoms. The zero-order chi connectivity index (χ0) is 12.1. The molecule has 0 unspecified atom stereocenters. The predicted molar refractivity (Wildman–Crippen MR) is 55.3 cm³/mol. The van der Waals surface area contributed by atoms with E-state index < -0.39 is 17.8 Å². The van der Waals surface area contributed by atoms with Crippen LogP contribution in [0.3, 0.4) is 0 Å². The zero-order valence-corrected chi connectivity index (χ0v) is 8.94. The number of nitrogens with one attached hydrogen (secondary N) is 1. The number of hydrogen-bond acceptors (Lipinski definition) is 3. The minimum Gasteiger partial charge on any atom is -0.481 e. The highest BCUT2D eigenvalue weighted by molar-refractivity contribution is 5.81. The molecule has 1 saturated carbocycles. The molecule has 2 atom stereocenters. The lowest BCUT2D eigenvalue weighted by Crippen LogP contribution is -2.32. The molecule has 90 valence electrons. The van der Waals surface area contributed by atoms with Crippen LogP contribution in [0.4, 0.5) is 0 Å². The van der Waals surface area contributed by atoms with Gasteiger partial charge in [0.15, 0.2) is 0 Å². The molecule has 1 aliphatic carbocycles. The van der Waals surface area contributed by atoms with Gasteiger partial charge in [0, 0.05) is 18.9 Å². The summed E-state index contributed by atoms with van der Waals surface area (Å²) in [5.41, 5.74) is 4.93. The summed E-state index contributed by atoms with van der Waals surface area (Å²) in [7, 11) is 0. The summed E-state index contributed by atoms with van der Waals surface area (Å²) < 4.78 is 0. The molecule has 4 N–H and O–H groups in total. The maximum atomic E-state index is 11.5. The quantitative estimate of drug-likeness (QED) is 0.588. The van der Waals surface area contributed by atoms with Gasteiger partial charge in [0.25, 0.3) is 0 Å². The van der Waals surface area contributed by atoms with Gasteiger partial charge in [-0.05, 0) is 19.3 Å². The van der Waals surface area contributed by atoms with Crippen LogP contribution in [0.1, 0.15) is 25.7 Å². The maximum Gasteiger partial charge on any atom is 0.306 e. The summed E-state index contributed by atoms with van der Waals surface area (Å²) in [4.78, 5) is 32.7. The van der Waals surface area contributed by atoms with Crippen molar-refractivity contribution in [2.75, 3.05) is 6.54 Å². The van der Waals surface area contributed by atoms with E-state index in [4.69, 9.17) is 10.8 Å². The molecule has 6 nitrogen and oxygen atoms in total. The highest BCUT2D eigenvalue weighted by atomic mass is 16.4. The Bertz CT molecular complexity index is 303. The largest absolute Gasteiger partial charge is 0.481 e. The third kappa shape index (κ3) is 3.52. The number of hydrogen-bond donors (Lipinski definition) is 3. The van der Waals surface area contributed by atoms with Crippen LogP contribution >= 0.6 is 0 Å². The lowest BCUT2D eigenvalue weighted by atomic mass is 10.0. The van der Waals surface area contributed by atoms with Crippen molar-refractivity contribution in [1.29, 1.82) is 0 Å². The Kier molecular flexibility index (Phi) is 4.28. The first-order valence-electron chi connectivity index (χ1n) is 5.29. The van der Waals surface area contributed by atoms with Gasteiger partial charge in [-0.15, -0.1) is 0 Å². The van der Waals surface area contributed by atoms with Crippen molar-refractivity contribution < 1.29 is 19.5 Å². The monoisotopic (exact) mass is 228 g/mol. The Hall–Kier alpha value is -1.59. The molecule has 0 aliphatic heterocycles. The summed E-state index contributed by atoms with van der Waals surface area (Å²) in [5, 5.41) is 11.4. The van der Waals surface area contributed by atoms with Crippen molar-refractivity contribution in [3.63, 3.8) is 0 Å². The van der Waals surface area contributed by atoms with Crippen LogP contribution in [0, 0.1) is 11.8 Å². The van der Waals surface area contributed by atoms with Gasteiger partial charge in [-0.2, -0.15) is 0 Å². The Balaban J connectivity index is 2.28. The average molecular weight is 228 g/mol. The molecule has 1 fully saturated rings. The SMILES string of the molecule is NC(=O)CCNC(=O)[C@@H]1CC[C@H](C(=O)O)C1. The Morgan fingerprint density at radius 3 is 2.38 bits per heavy atom. The zero-order valence-electron chi connectivity index (χ0n) is 8.94. The molecule has 0 aromatic carbocycles. The van der Waals surface area contributed by atoms with Crippen LogP contribution in [0.15, 0.2) is 0 Å². The first-order chi connectivity index (χ1) is 7.50. The van der Waals surface area contributed by atoms with Gasteiger partial charge in [-0.25, -0.2) is 0 Å². The fourth-order valence-electron chi connectivity index (χ4n) is 1.90. The molecule has 6 heteroatoms. The number of carbonyl (C=O) groups is 3. The van der Waals surface area contributed by atoms with Gasteiger partial charge < -0.3 is 16.2 Å². The number of rotatable bonds is 5. The second kappa shape index (κ2) is 5.48. The molecule has 0 aromatic rings. The Labute approximate surface area is 93.2 Å². The van der Waals surface area contributed by atoms with E-state index in [1.54, 1.807) is 0 Å². The number of nitrogens with two attached hydrogens (primary N) is 1. The highest BCUT2D eigenvalue weighted by Crippen LogP contribution is 2.30. The normalized spacial score (nSPS) is 24.0. The van der Waals surface area contributed by atoms with Crippen molar-refractivity contribution in [2.24, 2.45) is 17.6 Å². The number of primary amides is 1. The van der Waals surface area contributed by atoms with Gasteiger partial charge in [0.2, 0.25) is 11.8 Å². The predicted octanol–water partition coefficient (Wildman–Crippen LogP) is -0.521. The fourth-order valence-corrected chi connectivity index (χ4v) is 1.90. The highest BCUT2D eigenvalue weighted by Gasteiger charge is 2.33.